The standard InChI is InChI=1S/C21H35BrO4/c1-12(24)17-10-18(22)21(26)16-4-3-13-9-14(25)5-8-20(13,11-23)15(16)6-7-19(17,21)2/h12-18,23-26H,3-11H2,1-2H3/t12-,13-,14-,15-,16+,17+,18-,19+,20+,21+/m0/s1. The van der Waals surface area contributed by atoms with Gasteiger partial charge in [-0.05, 0) is 87.4 Å². The summed E-state index contributed by atoms with van der Waals surface area (Å²) < 4.78 is 0. The summed E-state index contributed by atoms with van der Waals surface area (Å²) in [6.45, 7) is 4.22. The molecule has 4 aliphatic rings. The molecule has 0 bridgehead atoms. The fraction of sp³-hybridized carbons (Fsp3) is 1.00. The summed E-state index contributed by atoms with van der Waals surface area (Å²) in [4.78, 5) is -0.00567. The van der Waals surface area contributed by atoms with Gasteiger partial charge in [0.25, 0.3) is 0 Å². The Morgan fingerprint density at radius 2 is 1.81 bits per heavy atom. The molecule has 0 amide bonds. The first-order valence-corrected chi connectivity index (χ1v) is 11.5. The van der Waals surface area contributed by atoms with Crippen LogP contribution in [0.25, 0.3) is 0 Å². The van der Waals surface area contributed by atoms with E-state index in [9.17, 15) is 20.4 Å². The topological polar surface area (TPSA) is 80.9 Å². The van der Waals surface area contributed by atoms with Crippen molar-refractivity contribution in [2.75, 3.05) is 6.61 Å². The van der Waals surface area contributed by atoms with E-state index in [-0.39, 0.29) is 40.2 Å². The molecule has 4 nitrogen and oxygen atoms in total. The highest BCUT2D eigenvalue weighted by molar-refractivity contribution is 9.09. The number of aliphatic hydroxyl groups is 4. The van der Waals surface area contributed by atoms with Gasteiger partial charge in [-0.1, -0.05) is 22.9 Å². The lowest BCUT2D eigenvalue weighted by molar-refractivity contribution is -0.223. The minimum atomic E-state index is -0.833. The molecule has 0 heterocycles. The molecule has 4 N–H and O–H groups in total. The summed E-state index contributed by atoms with van der Waals surface area (Å²) in [5, 5.41) is 43.2. The van der Waals surface area contributed by atoms with Crippen LogP contribution in [-0.2, 0) is 0 Å². The Labute approximate surface area is 165 Å². The average molecular weight is 431 g/mol. The fourth-order valence-electron chi connectivity index (χ4n) is 8.08. The van der Waals surface area contributed by atoms with E-state index >= 15 is 0 Å². The van der Waals surface area contributed by atoms with Crippen LogP contribution in [0.1, 0.15) is 65.2 Å². The average Bonchev–Trinajstić information content (AvgIpc) is 2.82. The Kier molecular flexibility index (Phi) is 4.84. The minimum absolute atomic E-state index is 0.00567. The minimum Gasteiger partial charge on any atom is -0.396 e. The number of rotatable bonds is 2. The van der Waals surface area contributed by atoms with E-state index in [1.807, 2.05) is 6.92 Å². The van der Waals surface area contributed by atoms with Crippen molar-refractivity contribution >= 4 is 15.9 Å². The Bertz CT molecular complexity index is 556. The van der Waals surface area contributed by atoms with Crippen LogP contribution >= 0.6 is 15.9 Å². The van der Waals surface area contributed by atoms with E-state index in [1.165, 1.54) is 0 Å². The molecule has 0 aromatic rings. The summed E-state index contributed by atoms with van der Waals surface area (Å²) >= 11 is 3.82. The third-order valence-corrected chi connectivity index (χ3v) is 10.5. The van der Waals surface area contributed by atoms with E-state index in [0.717, 1.165) is 51.4 Å². The molecule has 0 radical (unpaired) electrons. The zero-order valence-electron chi connectivity index (χ0n) is 16.1. The molecular weight excluding hydrogens is 396 g/mol. The van der Waals surface area contributed by atoms with E-state index < -0.39 is 11.7 Å². The van der Waals surface area contributed by atoms with Crippen LogP contribution < -0.4 is 0 Å². The molecule has 26 heavy (non-hydrogen) atoms. The second-order valence-corrected chi connectivity index (χ2v) is 11.2. The summed E-state index contributed by atoms with van der Waals surface area (Å²) in [7, 11) is 0. The molecule has 5 heteroatoms. The van der Waals surface area contributed by atoms with Gasteiger partial charge in [-0.3, -0.25) is 0 Å². The highest BCUT2D eigenvalue weighted by atomic mass is 79.9. The van der Waals surface area contributed by atoms with Crippen LogP contribution in [0, 0.1) is 34.5 Å². The Hall–Kier alpha value is 0.320. The number of hydrogen-bond acceptors (Lipinski definition) is 4. The Balaban J connectivity index is 1.73. The second kappa shape index (κ2) is 6.41. The summed E-state index contributed by atoms with van der Waals surface area (Å²) in [5.74, 6) is 0.944. The van der Waals surface area contributed by atoms with Gasteiger partial charge in [0.2, 0.25) is 0 Å². The maximum absolute atomic E-state index is 12.1. The highest BCUT2D eigenvalue weighted by Crippen LogP contribution is 2.70. The van der Waals surface area contributed by atoms with Crippen LogP contribution in [-0.4, -0.2) is 49.7 Å². The number of hydrogen-bond donors (Lipinski definition) is 4. The van der Waals surface area contributed by atoms with Gasteiger partial charge in [0.1, 0.15) is 0 Å². The maximum Gasteiger partial charge on any atom is 0.0859 e. The fourth-order valence-corrected chi connectivity index (χ4v) is 9.35. The van der Waals surface area contributed by atoms with Gasteiger partial charge >= 0.3 is 0 Å². The van der Waals surface area contributed by atoms with Gasteiger partial charge in [0, 0.05) is 16.8 Å². The molecule has 10 atom stereocenters. The third-order valence-electron chi connectivity index (χ3n) is 9.45. The van der Waals surface area contributed by atoms with Crippen molar-refractivity contribution in [2.45, 2.75) is 87.9 Å². The number of alkyl halides is 1. The van der Waals surface area contributed by atoms with Crippen molar-refractivity contribution in [3.8, 4) is 0 Å². The Morgan fingerprint density at radius 3 is 2.46 bits per heavy atom. The molecule has 4 aliphatic carbocycles. The van der Waals surface area contributed by atoms with Crippen molar-refractivity contribution in [1.82, 2.24) is 0 Å². The molecule has 150 valence electrons. The number of fused-ring (bicyclic) bond motifs is 5. The van der Waals surface area contributed by atoms with Crippen LogP contribution in [0.4, 0.5) is 0 Å². The third kappa shape index (κ3) is 2.33. The van der Waals surface area contributed by atoms with Gasteiger partial charge in [0.05, 0.1) is 17.8 Å². The lowest BCUT2D eigenvalue weighted by Gasteiger charge is -2.64. The molecule has 4 rings (SSSR count). The molecule has 4 fully saturated rings. The molecule has 0 aliphatic heterocycles. The quantitative estimate of drug-likeness (QED) is 0.507. The van der Waals surface area contributed by atoms with E-state index in [1.54, 1.807) is 0 Å². The molecule has 0 aromatic heterocycles. The molecule has 0 spiro atoms. The summed E-state index contributed by atoms with van der Waals surface area (Å²) in [5.41, 5.74) is -1.26. The lowest BCUT2D eigenvalue weighted by atomic mass is 9.43. The van der Waals surface area contributed by atoms with Crippen LogP contribution in [0.2, 0.25) is 0 Å². The van der Waals surface area contributed by atoms with Crippen molar-refractivity contribution in [2.24, 2.45) is 34.5 Å². The van der Waals surface area contributed by atoms with E-state index in [0.29, 0.717) is 11.8 Å². The molecule has 0 aromatic carbocycles. The highest BCUT2D eigenvalue weighted by Gasteiger charge is 2.71. The molecular formula is C21H35BrO4. The van der Waals surface area contributed by atoms with Gasteiger partial charge in [0.15, 0.2) is 0 Å². The van der Waals surface area contributed by atoms with E-state index in [4.69, 9.17) is 0 Å². The Morgan fingerprint density at radius 1 is 1.08 bits per heavy atom. The first-order chi connectivity index (χ1) is 12.2. The predicted molar refractivity (Wildman–Crippen MR) is 104 cm³/mol. The lowest BCUT2D eigenvalue weighted by Crippen LogP contribution is -2.66. The first-order valence-electron chi connectivity index (χ1n) is 10.5. The van der Waals surface area contributed by atoms with Crippen molar-refractivity contribution in [3.05, 3.63) is 0 Å². The smallest absolute Gasteiger partial charge is 0.0859 e. The van der Waals surface area contributed by atoms with Crippen LogP contribution in [0.3, 0.4) is 0 Å². The van der Waals surface area contributed by atoms with Crippen molar-refractivity contribution < 1.29 is 20.4 Å². The predicted octanol–water partition coefficient (Wildman–Crippen LogP) is 2.85. The largest absolute Gasteiger partial charge is 0.396 e. The van der Waals surface area contributed by atoms with Gasteiger partial charge in [-0.25, -0.2) is 0 Å². The number of aliphatic hydroxyl groups excluding tert-OH is 3. The van der Waals surface area contributed by atoms with Crippen molar-refractivity contribution in [1.29, 1.82) is 0 Å². The molecule has 0 saturated heterocycles. The van der Waals surface area contributed by atoms with Gasteiger partial charge in [-0.2, -0.15) is 0 Å². The van der Waals surface area contributed by atoms with Gasteiger partial charge < -0.3 is 20.4 Å². The van der Waals surface area contributed by atoms with Crippen LogP contribution in [0.5, 0.6) is 0 Å². The molecule has 0 unspecified atom stereocenters. The number of halogens is 1. The summed E-state index contributed by atoms with van der Waals surface area (Å²) in [6.07, 6.45) is 6.46. The first kappa shape index (κ1) is 19.6. The second-order valence-electron chi connectivity index (χ2n) is 10.1. The zero-order valence-corrected chi connectivity index (χ0v) is 17.7. The van der Waals surface area contributed by atoms with Crippen LogP contribution in [0.15, 0.2) is 0 Å². The SMILES string of the molecule is C[C@H](O)[C@H]1C[C@H](Br)[C@]2(O)[C@@H]3CC[C@H]4C[C@@H](O)CC[C@]4(CO)[C@H]3CC[C@]12C. The zero-order chi connectivity index (χ0) is 18.9. The maximum atomic E-state index is 12.1. The van der Waals surface area contributed by atoms with Crippen molar-refractivity contribution in [3.63, 3.8) is 0 Å². The summed E-state index contributed by atoms with van der Waals surface area (Å²) in [6, 6.07) is 0. The van der Waals surface area contributed by atoms with Gasteiger partial charge in [-0.15, -0.1) is 0 Å². The monoisotopic (exact) mass is 430 g/mol. The van der Waals surface area contributed by atoms with E-state index in [2.05, 4.69) is 22.9 Å². The normalized spacial score (nSPS) is 57.8. The molecule has 4 saturated carbocycles.